The van der Waals surface area contributed by atoms with Crippen LogP contribution in [0.5, 0.6) is 0 Å². The summed E-state index contributed by atoms with van der Waals surface area (Å²) in [5.41, 5.74) is 1.88. The molecule has 0 aliphatic carbocycles. The molecule has 11 nitrogen and oxygen atoms in total. The fourth-order valence-electron chi connectivity index (χ4n) is 4.47. The minimum atomic E-state index is -0.263. The fourth-order valence-corrected chi connectivity index (χ4v) is 4.47. The highest BCUT2D eigenvalue weighted by molar-refractivity contribution is 6.01. The second kappa shape index (κ2) is 10.1. The van der Waals surface area contributed by atoms with Crippen molar-refractivity contribution in [2.75, 3.05) is 66.7 Å². The average molecular weight is 485 g/mol. The van der Waals surface area contributed by atoms with E-state index in [1.807, 2.05) is 24.3 Å². The normalized spacial score (nSPS) is 18.2. The first kappa shape index (κ1) is 23.4. The van der Waals surface area contributed by atoms with E-state index in [2.05, 4.69) is 48.9 Å². The highest BCUT2D eigenvalue weighted by Crippen LogP contribution is 2.31. The molecule has 2 aliphatic heterocycles. The van der Waals surface area contributed by atoms with Crippen LogP contribution in [0.4, 0.5) is 23.4 Å². The number of hydrogen-bond donors (Lipinski definition) is 2. The molecular weight excluding hydrogens is 456 g/mol. The zero-order chi connectivity index (χ0) is 25.1. The maximum Gasteiger partial charge on any atom is 0.247 e. The van der Waals surface area contributed by atoms with Crippen molar-refractivity contribution < 1.29 is 4.79 Å². The van der Waals surface area contributed by atoms with E-state index in [-0.39, 0.29) is 11.9 Å². The number of nitrogens with one attached hydrogen (secondary N) is 2. The third-order valence-electron chi connectivity index (χ3n) is 6.51. The molecule has 1 atom stereocenters. The molecule has 2 aliphatic rings. The van der Waals surface area contributed by atoms with Crippen LogP contribution in [-0.2, 0) is 4.79 Å². The molecule has 2 aromatic heterocycles. The van der Waals surface area contributed by atoms with E-state index < -0.39 is 0 Å². The molecule has 1 aromatic carbocycles. The largest absolute Gasteiger partial charge is 0.354 e. The number of benzene rings is 1. The van der Waals surface area contributed by atoms with Crippen LogP contribution in [0.25, 0.3) is 10.9 Å². The lowest BCUT2D eigenvalue weighted by molar-refractivity contribution is -0.111. The molecule has 1 unspecified atom stereocenters. The number of rotatable bonds is 6. The van der Waals surface area contributed by atoms with Gasteiger partial charge < -0.3 is 25.3 Å². The number of amides is 1. The maximum atomic E-state index is 11.8. The topological polar surface area (TPSA) is 126 Å². The number of piperazine rings is 1. The minimum Gasteiger partial charge on any atom is -0.354 e. The molecule has 11 heteroatoms. The molecule has 0 bridgehead atoms. The van der Waals surface area contributed by atoms with Crippen molar-refractivity contribution in [1.82, 2.24) is 24.8 Å². The van der Waals surface area contributed by atoms with Crippen molar-refractivity contribution in [2.45, 2.75) is 12.5 Å². The van der Waals surface area contributed by atoms with E-state index in [1.165, 1.54) is 18.5 Å². The van der Waals surface area contributed by atoms with Gasteiger partial charge in [0.15, 0.2) is 0 Å². The molecular formula is C25H28N10O. The number of nitriles is 1. The lowest BCUT2D eigenvalue weighted by Gasteiger charge is -2.33. The van der Waals surface area contributed by atoms with Crippen LogP contribution in [0.2, 0.25) is 0 Å². The van der Waals surface area contributed by atoms with Crippen molar-refractivity contribution in [3.8, 4) is 6.07 Å². The van der Waals surface area contributed by atoms with Crippen molar-refractivity contribution in [2.24, 2.45) is 0 Å². The SMILES string of the molecule is C=CC(=O)Nc1ccc2c(N3CCC(Nc4ncc(C#N)cn4)C3)nc(N3CCN(C)CC3)nc2c1. The summed E-state index contributed by atoms with van der Waals surface area (Å²) in [6, 6.07) is 7.89. The molecule has 0 saturated carbocycles. The predicted molar refractivity (Wildman–Crippen MR) is 139 cm³/mol. The molecule has 5 rings (SSSR count). The molecule has 3 aromatic rings. The van der Waals surface area contributed by atoms with Gasteiger partial charge in [-0.25, -0.2) is 15.0 Å². The van der Waals surface area contributed by atoms with Crippen molar-refractivity contribution in [3.05, 3.63) is 48.8 Å². The van der Waals surface area contributed by atoms with E-state index in [1.54, 1.807) is 0 Å². The van der Waals surface area contributed by atoms with Gasteiger partial charge in [0.1, 0.15) is 11.9 Å². The van der Waals surface area contributed by atoms with Crippen LogP contribution in [0.3, 0.4) is 0 Å². The van der Waals surface area contributed by atoms with Gasteiger partial charge in [0.05, 0.1) is 23.5 Å². The first-order valence-electron chi connectivity index (χ1n) is 11.9. The fraction of sp³-hybridized carbons (Fsp3) is 0.360. The van der Waals surface area contributed by atoms with Gasteiger partial charge in [-0.05, 0) is 37.7 Å². The standard InChI is InChI=1S/C25H28N10O/c1-3-22(36)29-18-4-5-20-21(12-18)31-25(34-10-8-33(2)9-11-34)32-23(20)35-7-6-19(16-35)30-24-27-14-17(13-26)15-28-24/h3-5,12,14-15,19H,1,6-11,16H2,2H3,(H,29,36)(H,27,28,30). The van der Waals surface area contributed by atoms with Crippen LogP contribution < -0.4 is 20.4 Å². The molecule has 4 heterocycles. The number of nitrogens with zero attached hydrogens (tertiary/aromatic N) is 8. The van der Waals surface area contributed by atoms with E-state index in [4.69, 9.17) is 15.2 Å². The minimum absolute atomic E-state index is 0.140. The molecule has 2 N–H and O–H groups in total. The highest BCUT2D eigenvalue weighted by atomic mass is 16.1. The number of anilines is 4. The Balaban J connectivity index is 1.43. The van der Waals surface area contributed by atoms with Crippen LogP contribution in [0.1, 0.15) is 12.0 Å². The second-order valence-corrected chi connectivity index (χ2v) is 9.05. The Morgan fingerprint density at radius 2 is 1.92 bits per heavy atom. The number of fused-ring (bicyclic) bond motifs is 1. The number of aromatic nitrogens is 4. The first-order valence-corrected chi connectivity index (χ1v) is 11.9. The van der Waals surface area contributed by atoms with Crippen LogP contribution in [-0.4, -0.2) is 83.1 Å². The van der Waals surface area contributed by atoms with Crippen molar-refractivity contribution in [1.29, 1.82) is 5.26 Å². The smallest absolute Gasteiger partial charge is 0.247 e. The molecule has 1 amide bonds. The van der Waals surface area contributed by atoms with Gasteiger partial charge in [-0.1, -0.05) is 6.58 Å². The summed E-state index contributed by atoms with van der Waals surface area (Å²) >= 11 is 0. The Hall–Kier alpha value is -4.30. The number of likely N-dealkylation sites (N-methyl/N-ethyl adjacent to an activating group) is 1. The van der Waals surface area contributed by atoms with E-state index >= 15 is 0 Å². The molecule has 2 saturated heterocycles. The van der Waals surface area contributed by atoms with Crippen LogP contribution in [0, 0.1) is 11.3 Å². The van der Waals surface area contributed by atoms with Gasteiger partial charge in [-0.15, -0.1) is 0 Å². The van der Waals surface area contributed by atoms with Gasteiger partial charge in [-0.3, -0.25) is 4.79 Å². The van der Waals surface area contributed by atoms with Crippen molar-refractivity contribution in [3.63, 3.8) is 0 Å². The second-order valence-electron chi connectivity index (χ2n) is 9.05. The van der Waals surface area contributed by atoms with Gasteiger partial charge >= 0.3 is 0 Å². The van der Waals surface area contributed by atoms with E-state index in [0.717, 1.165) is 62.4 Å². The average Bonchev–Trinajstić information content (AvgIpc) is 3.37. The van der Waals surface area contributed by atoms with Gasteiger partial charge in [-0.2, -0.15) is 10.2 Å². The third kappa shape index (κ3) is 5.04. The predicted octanol–water partition coefficient (Wildman–Crippen LogP) is 1.86. The summed E-state index contributed by atoms with van der Waals surface area (Å²) in [5.74, 6) is 1.82. The number of hydrogen-bond acceptors (Lipinski definition) is 10. The monoisotopic (exact) mass is 484 g/mol. The van der Waals surface area contributed by atoms with Crippen LogP contribution in [0.15, 0.2) is 43.2 Å². The van der Waals surface area contributed by atoms with Gasteiger partial charge in [0.2, 0.25) is 17.8 Å². The molecule has 0 radical (unpaired) electrons. The Bertz CT molecular complexity index is 1310. The maximum absolute atomic E-state index is 11.8. The lowest BCUT2D eigenvalue weighted by Crippen LogP contribution is -2.45. The number of carbonyl (C=O) groups excluding carboxylic acids is 1. The summed E-state index contributed by atoms with van der Waals surface area (Å²) in [6.07, 6.45) is 5.18. The van der Waals surface area contributed by atoms with Crippen molar-refractivity contribution >= 4 is 40.2 Å². The first-order chi connectivity index (χ1) is 17.5. The Morgan fingerprint density at radius 1 is 1.14 bits per heavy atom. The molecule has 184 valence electrons. The molecule has 0 spiro atoms. The van der Waals surface area contributed by atoms with Gasteiger partial charge in [0.25, 0.3) is 0 Å². The van der Waals surface area contributed by atoms with Gasteiger partial charge in [0, 0.05) is 56.4 Å². The number of carbonyl (C=O) groups is 1. The van der Waals surface area contributed by atoms with Crippen LogP contribution >= 0.6 is 0 Å². The lowest BCUT2D eigenvalue weighted by atomic mass is 10.2. The third-order valence-corrected chi connectivity index (χ3v) is 6.51. The zero-order valence-electron chi connectivity index (χ0n) is 20.2. The summed E-state index contributed by atoms with van der Waals surface area (Å²) in [4.78, 5) is 37.0. The Morgan fingerprint density at radius 3 is 2.64 bits per heavy atom. The van der Waals surface area contributed by atoms with E-state index in [9.17, 15) is 4.79 Å². The molecule has 36 heavy (non-hydrogen) atoms. The summed E-state index contributed by atoms with van der Waals surface area (Å²) < 4.78 is 0. The summed E-state index contributed by atoms with van der Waals surface area (Å²) in [6.45, 7) is 8.69. The highest BCUT2D eigenvalue weighted by Gasteiger charge is 2.27. The quantitative estimate of drug-likeness (QED) is 0.501. The Kier molecular flexibility index (Phi) is 6.60. The van der Waals surface area contributed by atoms with E-state index in [0.29, 0.717) is 23.1 Å². The summed E-state index contributed by atoms with van der Waals surface area (Å²) in [5, 5.41) is 16.1. The molecule has 2 fully saturated rings. The Labute approximate surface area is 209 Å². The summed E-state index contributed by atoms with van der Waals surface area (Å²) in [7, 11) is 2.12. The zero-order valence-corrected chi connectivity index (χ0v) is 20.2.